The molecular formula is C20H27N3O3. The van der Waals surface area contributed by atoms with Crippen LogP contribution in [0.5, 0.6) is 0 Å². The number of rotatable bonds is 4. The van der Waals surface area contributed by atoms with Crippen molar-refractivity contribution in [3.63, 3.8) is 0 Å². The molecule has 6 nitrogen and oxygen atoms in total. The van der Waals surface area contributed by atoms with Crippen molar-refractivity contribution in [2.45, 2.75) is 25.7 Å². The summed E-state index contributed by atoms with van der Waals surface area (Å²) in [7, 11) is 0. The van der Waals surface area contributed by atoms with Crippen LogP contribution in [-0.4, -0.2) is 60.5 Å². The Morgan fingerprint density at radius 3 is 2.96 bits per heavy atom. The summed E-state index contributed by atoms with van der Waals surface area (Å²) in [6.45, 7) is 4.42. The summed E-state index contributed by atoms with van der Waals surface area (Å²) in [6.07, 6.45) is 5.43. The number of carbonyl (C=O) groups is 1. The first-order valence-electron chi connectivity index (χ1n) is 9.63. The number of benzene rings is 1. The second-order valence-electron chi connectivity index (χ2n) is 7.54. The lowest BCUT2D eigenvalue weighted by molar-refractivity contribution is -0.133. The normalized spacial score (nSPS) is 22.5. The van der Waals surface area contributed by atoms with Gasteiger partial charge in [0.15, 0.2) is 0 Å². The molecule has 0 saturated carbocycles. The number of ether oxygens (including phenoxy) is 2. The molecule has 0 radical (unpaired) electrons. The third-order valence-electron chi connectivity index (χ3n) is 5.52. The van der Waals surface area contributed by atoms with Gasteiger partial charge in [-0.15, -0.1) is 0 Å². The van der Waals surface area contributed by atoms with Crippen molar-refractivity contribution in [2.75, 3.05) is 39.5 Å². The Labute approximate surface area is 153 Å². The predicted molar refractivity (Wildman–Crippen MR) is 98.8 cm³/mol. The lowest BCUT2D eigenvalue weighted by Gasteiger charge is -2.27. The zero-order valence-electron chi connectivity index (χ0n) is 15.2. The molecule has 1 atom stereocenters. The molecule has 3 heterocycles. The van der Waals surface area contributed by atoms with Gasteiger partial charge in [-0.05, 0) is 42.9 Å². The van der Waals surface area contributed by atoms with E-state index in [9.17, 15) is 4.79 Å². The molecule has 0 aliphatic carbocycles. The van der Waals surface area contributed by atoms with Crippen LogP contribution in [0.1, 0.15) is 24.8 Å². The predicted octanol–water partition coefficient (Wildman–Crippen LogP) is 2.40. The molecule has 4 rings (SSSR count). The van der Waals surface area contributed by atoms with E-state index in [0.717, 1.165) is 49.9 Å². The van der Waals surface area contributed by atoms with Crippen LogP contribution in [0.3, 0.4) is 0 Å². The molecule has 140 valence electrons. The van der Waals surface area contributed by atoms with Crippen molar-refractivity contribution in [1.82, 2.24) is 15.1 Å². The molecule has 2 fully saturated rings. The first-order chi connectivity index (χ1) is 12.8. The lowest BCUT2D eigenvalue weighted by Crippen LogP contribution is -2.37. The number of aromatic nitrogens is 2. The molecule has 1 aromatic heterocycles. The number of nitrogens with zero attached hydrogens (tertiary/aromatic N) is 2. The van der Waals surface area contributed by atoms with Crippen LogP contribution >= 0.6 is 0 Å². The van der Waals surface area contributed by atoms with Crippen LogP contribution in [0.4, 0.5) is 0 Å². The molecule has 2 aromatic rings. The molecule has 26 heavy (non-hydrogen) atoms. The van der Waals surface area contributed by atoms with Crippen LogP contribution in [-0.2, 0) is 20.7 Å². The molecule has 1 amide bonds. The van der Waals surface area contributed by atoms with Gasteiger partial charge in [-0.3, -0.25) is 9.89 Å². The van der Waals surface area contributed by atoms with Crippen LogP contribution < -0.4 is 0 Å². The summed E-state index contributed by atoms with van der Waals surface area (Å²) >= 11 is 0. The molecule has 2 aliphatic rings. The summed E-state index contributed by atoms with van der Waals surface area (Å²) in [4.78, 5) is 14.8. The zero-order chi connectivity index (χ0) is 17.8. The Hall–Kier alpha value is -1.92. The fourth-order valence-electron chi connectivity index (χ4n) is 4.01. The van der Waals surface area contributed by atoms with E-state index in [4.69, 9.17) is 9.47 Å². The summed E-state index contributed by atoms with van der Waals surface area (Å²) in [5, 5.41) is 8.20. The fourth-order valence-corrected chi connectivity index (χ4v) is 4.01. The molecular weight excluding hydrogens is 330 g/mol. The van der Waals surface area contributed by atoms with E-state index >= 15 is 0 Å². The maximum Gasteiger partial charge on any atom is 0.222 e. The van der Waals surface area contributed by atoms with Crippen LogP contribution in [0.15, 0.2) is 24.4 Å². The van der Waals surface area contributed by atoms with Gasteiger partial charge < -0.3 is 14.4 Å². The van der Waals surface area contributed by atoms with Gasteiger partial charge in [-0.1, -0.05) is 6.07 Å². The highest BCUT2D eigenvalue weighted by Crippen LogP contribution is 2.22. The number of fused-ring (bicyclic) bond motifs is 1. The van der Waals surface area contributed by atoms with Crippen molar-refractivity contribution in [1.29, 1.82) is 0 Å². The SMILES string of the molecule is O=C(CC1CCOCC1)N1CCOCC(Cc2ccc3[nH]ncc3c2)C1. The Kier molecular flexibility index (Phi) is 5.51. The average Bonchev–Trinajstić information content (AvgIpc) is 3.00. The second kappa shape index (κ2) is 8.18. The van der Waals surface area contributed by atoms with E-state index < -0.39 is 0 Å². The average molecular weight is 357 g/mol. The maximum atomic E-state index is 12.8. The highest BCUT2D eigenvalue weighted by Gasteiger charge is 2.25. The summed E-state index contributed by atoms with van der Waals surface area (Å²) in [6, 6.07) is 6.39. The number of aromatic amines is 1. The van der Waals surface area contributed by atoms with Crippen molar-refractivity contribution in [3.8, 4) is 0 Å². The number of amides is 1. The van der Waals surface area contributed by atoms with E-state index in [0.29, 0.717) is 38.0 Å². The third-order valence-corrected chi connectivity index (χ3v) is 5.52. The lowest BCUT2D eigenvalue weighted by atomic mass is 9.95. The van der Waals surface area contributed by atoms with Gasteiger partial charge in [-0.2, -0.15) is 5.10 Å². The molecule has 0 spiro atoms. The Bertz CT molecular complexity index is 739. The highest BCUT2D eigenvalue weighted by molar-refractivity contribution is 5.78. The minimum Gasteiger partial charge on any atom is -0.381 e. The fraction of sp³-hybridized carbons (Fsp3) is 0.600. The van der Waals surface area contributed by atoms with Gasteiger partial charge in [0.25, 0.3) is 0 Å². The first-order valence-corrected chi connectivity index (χ1v) is 9.63. The zero-order valence-corrected chi connectivity index (χ0v) is 15.2. The molecule has 6 heteroatoms. The molecule has 1 unspecified atom stereocenters. The van der Waals surface area contributed by atoms with E-state index in [1.54, 1.807) is 0 Å². The largest absolute Gasteiger partial charge is 0.381 e. The van der Waals surface area contributed by atoms with Crippen LogP contribution in [0.2, 0.25) is 0 Å². The Morgan fingerprint density at radius 2 is 2.08 bits per heavy atom. The maximum absolute atomic E-state index is 12.8. The molecule has 1 N–H and O–H groups in total. The number of hydrogen-bond donors (Lipinski definition) is 1. The monoisotopic (exact) mass is 357 g/mol. The van der Waals surface area contributed by atoms with Gasteiger partial charge in [-0.25, -0.2) is 0 Å². The quantitative estimate of drug-likeness (QED) is 0.912. The Morgan fingerprint density at radius 1 is 1.19 bits per heavy atom. The van der Waals surface area contributed by atoms with Crippen LogP contribution in [0, 0.1) is 11.8 Å². The minimum atomic E-state index is 0.276. The van der Waals surface area contributed by atoms with Gasteiger partial charge >= 0.3 is 0 Å². The summed E-state index contributed by atoms with van der Waals surface area (Å²) in [5.74, 6) is 1.08. The summed E-state index contributed by atoms with van der Waals surface area (Å²) in [5.41, 5.74) is 2.32. The van der Waals surface area contributed by atoms with Crippen molar-refractivity contribution in [2.24, 2.45) is 11.8 Å². The second-order valence-corrected chi connectivity index (χ2v) is 7.54. The minimum absolute atomic E-state index is 0.276. The van der Waals surface area contributed by atoms with E-state index in [-0.39, 0.29) is 5.91 Å². The topological polar surface area (TPSA) is 67.4 Å². The number of nitrogens with one attached hydrogen (secondary N) is 1. The van der Waals surface area contributed by atoms with Crippen LogP contribution in [0.25, 0.3) is 10.9 Å². The van der Waals surface area contributed by atoms with Crippen molar-refractivity contribution in [3.05, 3.63) is 30.0 Å². The van der Waals surface area contributed by atoms with E-state index in [1.165, 1.54) is 5.56 Å². The Balaban J connectivity index is 1.37. The number of H-pyrrole nitrogens is 1. The highest BCUT2D eigenvalue weighted by atomic mass is 16.5. The first kappa shape index (κ1) is 17.5. The van der Waals surface area contributed by atoms with Gasteiger partial charge in [0, 0.05) is 44.0 Å². The molecule has 1 aromatic carbocycles. The van der Waals surface area contributed by atoms with Gasteiger partial charge in [0.1, 0.15) is 0 Å². The standard InChI is InChI=1S/C20H27N3O3/c24-20(11-15-3-6-25-7-4-15)23-5-8-26-14-17(13-23)9-16-1-2-19-18(10-16)12-21-22-19/h1-2,10,12,15,17H,3-9,11,13-14H2,(H,21,22). The van der Waals surface area contributed by atoms with E-state index in [2.05, 4.69) is 28.4 Å². The van der Waals surface area contributed by atoms with Gasteiger partial charge in [0.05, 0.1) is 24.9 Å². The summed E-state index contributed by atoms with van der Waals surface area (Å²) < 4.78 is 11.2. The van der Waals surface area contributed by atoms with E-state index in [1.807, 2.05) is 11.1 Å². The smallest absolute Gasteiger partial charge is 0.222 e. The van der Waals surface area contributed by atoms with Crippen molar-refractivity contribution < 1.29 is 14.3 Å². The number of carbonyl (C=O) groups excluding carboxylic acids is 1. The molecule has 2 saturated heterocycles. The molecule has 2 aliphatic heterocycles. The van der Waals surface area contributed by atoms with Gasteiger partial charge in [0.2, 0.25) is 5.91 Å². The third kappa shape index (κ3) is 4.24. The number of hydrogen-bond acceptors (Lipinski definition) is 4. The molecule has 0 bridgehead atoms. The van der Waals surface area contributed by atoms with Crippen molar-refractivity contribution >= 4 is 16.8 Å².